The lowest BCUT2D eigenvalue weighted by Crippen LogP contribution is -2.25. The molecule has 0 spiro atoms. The van der Waals surface area contributed by atoms with Crippen LogP contribution in [-0.4, -0.2) is 21.3 Å². The quantitative estimate of drug-likeness (QED) is 0.788. The molecule has 1 unspecified atom stereocenters. The van der Waals surface area contributed by atoms with Gasteiger partial charge in [-0.25, -0.2) is 0 Å². The van der Waals surface area contributed by atoms with Gasteiger partial charge in [0.25, 0.3) is 0 Å². The van der Waals surface area contributed by atoms with Gasteiger partial charge in [0.05, 0.1) is 21.3 Å². The maximum absolute atomic E-state index is 5.51. The Morgan fingerprint density at radius 3 is 1.96 bits per heavy atom. The Morgan fingerprint density at radius 1 is 0.833 bits per heavy atom. The topological polar surface area (TPSA) is 39.7 Å². The van der Waals surface area contributed by atoms with Gasteiger partial charge >= 0.3 is 0 Å². The van der Waals surface area contributed by atoms with Gasteiger partial charge in [-0.3, -0.25) is 0 Å². The molecule has 1 N–H and O–H groups in total. The molecular weight excluding hydrogens is 302 g/mol. The Kier molecular flexibility index (Phi) is 6.50. The van der Waals surface area contributed by atoms with Gasteiger partial charge < -0.3 is 19.5 Å². The van der Waals surface area contributed by atoms with E-state index in [4.69, 9.17) is 14.2 Å². The third kappa shape index (κ3) is 4.20. The van der Waals surface area contributed by atoms with Crippen LogP contribution >= 0.6 is 0 Å². The van der Waals surface area contributed by atoms with Gasteiger partial charge in [0.1, 0.15) is 5.75 Å². The molecule has 4 heteroatoms. The fraction of sp³-hybridized carbons (Fsp3) is 0.400. The predicted molar refractivity (Wildman–Crippen MR) is 97.0 cm³/mol. The Labute approximate surface area is 144 Å². The molecule has 2 aromatic carbocycles. The summed E-state index contributed by atoms with van der Waals surface area (Å²) in [6.45, 7) is 5.12. The van der Waals surface area contributed by atoms with Crippen LogP contribution in [0.3, 0.4) is 0 Å². The van der Waals surface area contributed by atoms with Gasteiger partial charge in [-0.05, 0) is 17.5 Å². The number of benzene rings is 2. The van der Waals surface area contributed by atoms with Crippen LogP contribution in [0.1, 0.15) is 31.0 Å². The molecular formula is C20H27NO3. The minimum Gasteiger partial charge on any atom is -0.496 e. The van der Waals surface area contributed by atoms with E-state index >= 15 is 0 Å². The number of nitrogens with one attached hydrogen (secondary N) is 1. The molecule has 0 heterocycles. The molecule has 0 saturated carbocycles. The highest BCUT2D eigenvalue weighted by Gasteiger charge is 2.17. The van der Waals surface area contributed by atoms with Gasteiger partial charge in [0.2, 0.25) is 0 Å². The van der Waals surface area contributed by atoms with Gasteiger partial charge in [-0.15, -0.1) is 0 Å². The Balaban J connectivity index is 2.23. The van der Waals surface area contributed by atoms with Crippen molar-refractivity contribution in [2.45, 2.75) is 26.4 Å². The standard InChI is InChI=1S/C20H27NO3/c1-14(2)20(15-9-7-6-8-10-15)21-13-16-11-18(23-4)19(24-5)12-17(16)22-3/h6-12,14,20-21H,13H2,1-5H3. The predicted octanol–water partition coefficient (Wildman–Crippen LogP) is 4.20. The van der Waals surface area contributed by atoms with E-state index in [9.17, 15) is 0 Å². The van der Waals surface area contributed by atoms with Gasteiger partial charge in [-0.1, -0.05) is 44.2 Å². The molecule has 0 amide bonds. The van der Waals surface area contributed by atoms with Crippen molar-refractivity contribution in [2.75, 3.05) is 21.3 Å². The highest BCUT2D eigenvalue weighted by molar-refractivity contribution is 5.50. The molecule has 130 valence electrons. The Morgan fingerprint density at radius 2 is 1.42 bits per heavy atom. The van der Waals surface area contributed by atoms with E-state index in [2.05, 4.69) is 43.4 Å². The molecule has 0 aliphatic rings. The summed E-state index contributed by atoms with van der Waals surface area (Å²) in [6.07, 6.45) is 0. The fourth-order valence-electron chi connectivity index (χ4n) is 2.85. The molecule has 0 aromatic heterocycles. The molecule has 24 heavy (non-hydrogen) atoms. The van der Waals surface area contributed by atoms with Gasteiger partial charge in [0.15, 0.2) is 11.5 Å². The molecule has 0 fully saturated rings. The van der Waals surface area contributed by atoms with E-state index in [-0.39, 0.29) is 6.04 Å². The van der Waals surface area contributed by atoms with E-state index in [0.29, 0.717) is 24.0 Å². The zero-order valence-corrected chi connectivity index (χ0v) is 15.1. The van der Waals surface area contributed by atoms with Crippen molar-refractivity contribution < 1.29 is 14.2 Å². The molecule has 0 radical (unpaired) electrons. The van der Waals surface area contributed by atoms with Crippen LogP contribution in [0.5, 0.6) is 17.2 Å². The SMILES string of the molecule is COc1cc(OC)c(OC)cc1CNC(c1ccccc1)C(C)C. The van der Waals surface area contributed by atoms with E-state index < -0.39 is 0 Å². The number of ether oxygens (including phenoxy) is 3. The lowest BCUT2D eigenvalue weighted by Gasteiger charge is -2.24. The molecule has 2 aromatic rings. The van der Waals surface area contributed by atoms with Crippen molar-refractivity contribution in [3.05, 3.63) is 53.6 Å². The van der Waals surface area contributed by atoms with E-state index in [1.807, 2.05) is 18.2 Å². The van der Waals surface area contributed by atoms with Crippen molar-refractivity contribution in [3.63, 3.8) is 0 Å². The second-order valence-corrected chi connectivity index (χ2v) is 6.03. The third-order valence-electron chi connectivity index (χ3n) is 4.12. The second kappa shape index (κ2) is 8.60. The first kappa shape index (κ1) is 18.1. The van der Waals surface area contributed by atoms with Crippen molar-refractivity contribution in [1.29, 1.82) is 0 Å². The summed E-state index contributed by atoms with van der Waals surface area (Å²) in [6, 6.07) is 14.6. The molecule has 1 atom stereocenters. The van der Waals surface area contributed by atoms with Crippen molar-refractivity contribution in [3.8, 4) is 17.2 Å². The average molecular weight is 329 g/mol. The van der Waals surface area contributed by atoms with E-state index in [1.165, 1.54) is 5.56 Å². The first-order valence-electron chi connectivity index (χ1n) is 8.17. The zero-order chi connectivity index (χ0) is 17.5. The highest BCUT2D eigenvalue weighted by Crippen LogP contribution is 2.35. The number of rotatable bonds is 8. The Hall–Kier alpha value is -2.20. The van der Waals surface area contributed by atoms with E-state index in [1.54, 1.807) is 21.3 Å². The maximum atomic E-state index is 5.51. The summed E-state index contributed by atoms with van der Waals surface area (Å²) < 4.78 is 16.3. The molecule has 0 aliphatic carbocycles. The summed E-state index contributed by atoms with van der Waals surface area (Å²) in [4.78, 5) is 0. The fourth-order valence-corrected chi connectivity index (χ4v) is 2.85. The molecule has 0 bridgehead atoms. The first-order chi connectivity index (χ1) is 11.6. The Bertz CT molecular complexity index is 641. The zero-order valence-electron chi connectivity index (χ0n) is 15.1. The van der Waals surface area contributed by atoms with Crippen LogP contribution in [0, 0.1) is 5.92 Å². The summed E-state index contributed by atoms with van der Waals surface area (Å²) >= 11 is 0. The van der Waals surface area contributed by atoms with Crippen LogP contribution < -0.4 is 19.5 Å². The van der Waals surface area contributed by atoms with Crippen LogP contribution in [0.15, 0.2) is 42.5 Å². The molecule has 0 saturated heterocycles. The molecule has 2 rings (SSSR count). The monoisotopic (exact) mass is 329 g/mol. The van der Waals surface area contributed by atoms with Crippen LogP contribution in [-0.2, 0) is 6.54 Å². The first-order valence-corrected chi connectivity index (χ1v) is 8.17. The largest absolute Gasteiger partial charge is 0.496 e. The molecule has 4 nitrogen and oxygen atoms in total. The van der Waals surface area contributed by atoms with Crippen LogP contribution in [0.4, 0.5) is 0 Å². The normalized spacial score (nSPS) is 12.1. The highest BCUT2D eigenvalue weighted by atomic mass is 16.5. The smallest absolute Gasteiger partial charge is 0.164 e. The van der Waals surface area contributed by atoms with Gasteiger partial charge in [-0.2, -0.15) is 0 Å². The number of methoxy groups -OCH3 is 3. The van der Waals surface area contributed by atoms with Gasteiger partial charge in [0, 0.05) is 24.2 Å². The number of hydrogen-bond donors (Lipinski definition) is 1. The van der Waals surface area contributed by atoms with Crippen molar-refractivity contribution in [1.82, 2.24) is 5.32 Å². The minimum atomic E-state index is 0.268. The minimum absolute atomic E-state index is 0.268. The lowest BCUT2D eigenvalue weighted by atomic mass is 9.96. The molecule has 0 aliphatic heterocycles. The number of hydrogen-bond acceptors (Lipinski definition) is 4. The average Bonchev–Trinajstić information content (AvgIpc) is 2.61. The summed E-state index contributed by atoms with van der Waals surface area (Å²) in [7, 11) is 4.93. The summed E-state index contributed by atoms with van der Waals surface area (Å²) in [5.74, 6) is 2.63. The summed E-state index contributed by atoms with van der Waals surface area (Å²) in [5.41, 5.74) is 2.32. The summed E-state index contributed by atoms with van der Waals surface area (Å²) in [5, 5.41) is 3.64. The second-order valence-electron chi connectivity index (χ2n) is 6.03. The van der Waals surface area contributed by atoms with Crippen LogP contribution in [0.2, 0.25) is 0 Å². The van der Waals surface area contributed by atoms with E-state index in [0.717, 1.165) is 11.3 Å². The van der Waals surface area contributed by atoms with Crippen LogP contribution in [0.25, 0.3) is 0 Å². The lowest BCUT2D eigenvalue weighted by molar-refractivity contribution is 0.345. The maximum Gasteiger partial charge on any atom is 0.164 e. The van der Waals surface area contributed by atoms with Crippen molar-refractivity contribution in [2.24, 2.45) is 5.92 Å². The van der Waals surface area contributed by atoms with Crippen molar-refractivity contribution >= 4 is 0 Å². The third-order valence-corrected chi connectivity index (χ3v) is 4.12.